The number of anilines is 2. The van der Waals surface area contributed by atoms with Gasteiger partial charge in [-0.05, 0) is 70.6 Å². The van der Waals surface area contributed by atoms with Gasteiger partial charge in [0.15, 0.2) is 10.3 Å². The molecule has 2 heterocycles. The molecule has 2 aliphatic rings. The number of carbonyl (C=O) groups excluding carboxylic acids is 2. The lowest BCUT2D eigenvalue weighted by atomic mass is 9.66. The zero-order valence-corrected chi connectivity index (χ0v) is 32.5. The van der Waals surface area contributed by atoms with E-state index < -0.39 is 15.3 Å². The van der Waals surface area contributed by atoms with Crippen LogP contribution in [0.15, 0.2) is 143 Å². The first-order chi connectivity index (χ1) is 28.6. The summed E-state index contributed by atoms with van der Waals surface area (Å²) in [5.41, 5.74) is 8.49. The Kier molecular flexibility index (Phi) is 9.78. The summed E-state index contributed by atoms with van der Waals surface area (Å²) in [6.45, 7) is 0. The molecule has 292 valence electrons. The first-order valence-electron chi connectivity index (χ1n) is 18.5. The maximum Gasteiger partial charge on any atom is 0.271 e. The Hall–Kier alpha value is -7.04. The van der Waals surface area contributed by atoms with Crippen molar-refractivity contribution in [1.29, 1.82) is 0 Å². The lowest BCUT2D eigenvalue weighted by molar-refractivity contribution is -0.384. The quantitative estimate of drug-likeness (QED) is 0.0523. The van der Waals surface area contributed by atoms with Gasteiger partial charge < -0.3 is 20.6 Å². The molecular weight excluding hydrogens is 789 g/mol. The van der Waals surface area contributed by atoms with E-state index >= 15 is 0 Å². The van der Waals surface area contributed by atoms with E-state index in [9.17, 15) is 29.8 Å². The molecule has 2 aliphatic carbocycles. The van der Waals surface area contributed by atoms with Gasteiger partial charge >= 0.3 is 0 Å². The van der Waals surface area contributed by atoms with E-state index in [0.717, 1.165) is 17.5 Å². The van der Waals surface area contributed by atoms with Crippen molar-refractivity contribution in [1.82, 2.24) is 19.9 Å². The number of rotatable bonds is 12. The Morgan fingerprint density at radius 1 is 0.712 bits per heavy atom. The molecule has 0 bridgehead atoms. The van der Waals surface area contributed by atoms with Crippen LogP contribution in [0.1, 0.15) is 34.6 Å². The number of amides is 2. The summed E-state index contributed by atoms with van der Waals surface area (Å²) in [4.78, 5) is 62.5. The Morgan fingerprint density at radius 2 is 1.22 bits per heavy atom. The smallest absolute Gasteiger partial charge is 0.271 e. The van der Waals surface area contributed by atoms with Gasteiger partial charge in [0, 0.05) is 41.6 Å². The lowest BCUT2D eigenvalue weighted by Crippen LogP contribution is -2.30. The molecule has 1 unspecified atom stereocenters. The van der Waals surface area contributed by atoms with Gasteiger partial charge in [0.05, 0.1) is 48.8 Å². The Balaban J connectivity index is 0.931. The number of carbonyl (C=O) groups is 2. The number of nitrogens with zero attached hydrogens (tertiary/aromatic N) is 4. The summed E-state index contributed by atoms with van der Waals surface area (Å²) in [5.74, 6) is -0.116. The van der Waals surface area contributed by atoms with Gasteiger partial charge in [0.25, 0.3) is 11.4 Å². The van der Waals surface area contributed by atoms with Crippen LogP contribution < -0.4 is 10.6 Å². The summed E-state index contributed by atoms with van der Waals surface area (Å²) in [5, 5.41) is 29.3. The molecule has 9 rings (SSSR count). The number of hydrogen-bond donors (Lipinski definition) is 4. The van der Waals surface area contributed by atoms with Crippen LogP contribution in [0.2, 0.25) is 0 Å². The van der Waals surface area contributed by atoms with Crippen LogP contribution >= 0.6 is 23.5 Å². The summed E-state index contributed by atoms with van der Waals surface area (Å²) < 4.78 is 0. The average molecular weight is 821 g/mol. The highest BCUT2D eigenvalue weighted by Gasteiger charge is 2.50. The Morgan fingerprint density at radius 3 is 1.73 bits per heavy atom. The third-order valence-corrected chi connectivity index (χ3v) is 12.3. The molecule has 0 aliphatic heterocycles. The number of nitrogens with one attached hydrogen (secondary N) is 4. The van der Waals surface area contributed by atoms with E-state index in [1.165, 1.54) is 64.5 Å². The number of benzene rings is 5. The van der Waals surface area contributed by atoms with Crippen LogP contribution in [0, 0.1) is 20.2 Å². The van der Waals surface area contributed by atoms with Gasteiger partial charge in [-0.2, -0.15) is 0 Å². The predicted molar refractivity (Wildman–Crippen MR) is 228 cm³/mol. The van der Waals surface area contributed by atoms with Crippen molar-refractivity contribution in [3.8, 4) is 0 Å². The van der Waals surface area contributed by atoms with Crippen LogP contribution in [0.3, 0.4) is 0 Å². The molecule has 59 heavy (non-hydrogen) atoms. The zero-order valence-electron chi connectivity index (χ0n) is 30.9. The van der Waals surface area contributed by atoms with Crippen molar-refractivity contribution in [2.24, 2.45) is 0 Å². The average Bonchev–Trinajstić information content (AvgIpc) is 3.94. The van der Waals surface area contributed by atoms with Gasteiger partial charge in [-0.25, -0.2) is 9.97 Å². The second kappa shape index (κ2) is 15.4. The van der Waals surface area contributed by atoms with E-state index in [4.69, 9.17) is 0 Å². The fourth-order valence-corrected chi connectivity index (χ4v) is 9.37. The zero-order chi connectivity index (χ0) is 40.7. The molecule has 0 saturated heterocycles. The number of non-ortho nitro benzene ring substituents is 2. The highest BCUT2D eigenvalue weighted by Crippen LogP contribution is 2.59. The fraction of sp³-hybridized carbons (Fsp3) is 0.116. The SMILES string of the molecule is O=C(CSc1nc2ccc([N+](=O)[O-])cc2[nH]1)Nc1ccc(C2(c3ccc(NC(=O)CSc4nc5ccc([N+](=O)[O-])cc5[nH]4)cc3)C3=CC=CCC3c3ccccc32)cc1. The second-order valence-corrected chi connectivity index (χ2v) is 15.9. The van der Waals surface area contributed by atoms with Gasteiger partial charge in [-0.1, -0.05) is 90.3 Å². The highest BCUT2D eigenvalue weighted by molar-refractivity contribution is 8.00. The molecule has 16 heteroatoms. The predicted octanol–water partition coefficient (Wildman–Crippen LogP) is 9.04. The molecule has 2 amide bonds. The van der Waals surface area contributed by atoms with Crippen molar-refractivity contribution in [2.45, 2.75) is 28.1 Å². The first-order valence-corrected chi connectivity index (χ1v) is 20.4. The number of fused-ring (bicyclic) bond motifs is 5. The molecule has 5 aromatic carbocycles. The largest absolute Gasteiger partial charge is 0.333 e. The summed E-state index contributed by atoms with van der Waals surface area (Å²) >= 11 is 2.42. The second-order valence-electron chi connectivity index (χ2n) is 14.0. The van der Waals surface area contributed by atoms with Crippen LogP contribution in [0.5, 0.6) is 0 Å². The molecule has 0 saturated carbocycles. The third kappa shape index (κ3) is 7.12. The number of imidazole rings is 2. The summed E-state index contributed by atoms with van der Waals surface area (Å²) in [7, 11) is 0. The number of thioether (sulfide) groups is 2. The molecule has 4 N–H and O–H groups in total. The molecule has 1 atom stereocenters. The third-order valence-electron chi connectivity index (χ3n) is 10.5. The minimum absolute atomic E-state index is 0.0402. The van der Waals surface area contributed by atoms with Crippen LogP contribution in [-0.2, 0) is 15.0 Å². The van der Waals surface area contributed by atoms with Crippen LogP contribution in [0.25, 0.3) is 22.1 Å². The van der Waals surface area contributed by atoms with Crippen molar-refractivity contribution in [2.75, 3.05) is 22.1 Å². The van der Waals surface area contributed by atoms with Crippen LogP contribution in [-0.4, -0.2) is 53.1 Å². The van der Waals surface area contributed by atoms with E-state index in [1.807, 2.05) is 24.3 Å². The van der Waals surface area contributed by atoms with E-state index in [-0.39, 0.29) is 40.6 Å². The molecule has 0 fully saturated rings. The summed E-state index contributed by atoms with van der Waals surface area (Å²) in [6.07, 6.45) is 7.38. The highest BCUT2D eigenvalue weighted by atomic mass is 32.2. The number of nitro groups is 2. The minimum atomic E-state index is -0.643. The number of aromatic nitrogens is 4. The van der Waals surface area contributed by atoms with Crippen LogP contribution in [0.4, 0.5) is 22.7 Å². The van der Waals surface area contributed by atoms with Gasteiger partial charge in [-0.15, -0.1) is 0 Å². The van der Waals surface area contributed by atoms with Gasteiger partial charge in [0.2, 0.25) is 11.8 Å². The van der Waals surface area contributed by atoms with Crippen molar-refractivity contribution < 1.29 is 19.4 Å². The van der Waals surface area contributed by atoms with E-state index in [2.05, 4.69) is 97.3 Å². The number of H-pyrrole nitrogens is 2. The molecule has 7 aromatic rings. The monoisotopic (exact) mass is 820 g/mol. The lowest BCUT2D eigenvalue weighted by Gasteiger charge is -2.36. The van der Waals surface area contributed by atoms with Crippen molar-refractivity contribution in [3.63, 3.8) is 0 Å². The molecular formula is C43H32N8O6S2. The Bertz CT molecular complexity index is 2730. The van der Waals surface area contributed by atoms with E-state index in [1.54, 1.807) is 12.1 Å². The maximum absolute atomic E-state index is 13.1. The summed E-state index contributed by atoms with van der Waals surface area (Å²) in [6, 6.07) is 33.1. The van der Waals surface area contributed by atoms with Crippen molar-refractivity contribution >= 4 is 80.2 Å². The molecule has 2 aromatic heterocycles. The Labute approximate surface area is 343 Å². The van der Waals surface area contributed by atoms with Crippen molar-refractivity contribution in [3.05, 3.63) is 175 Å². The minimum Gasteiger partial charge on any atom is -0.333 e. The number of aromatic amines is 2. The molecule has 0 spiro atoms. The first kappa shape index (κ1) is 37.5. The standard InChI is InChI=1S/C43H32N8O6S2/c52-39(23-58-41-46-35-19-17-29(50(54)55)21-37(35)48-41)44-27-13-9-25(10-14-27)43(33-7-3-1-5-31(33)32-6-2-4-8-34(32)43)26-11-15-28(16-12-26)45-40(53)24-59-42-47-36-20-18-30(51(56)57)22-38(36)49-42/h1-5,7-22,32H,6,23-24H2,(H,44,52)(H,45,53)(H,46,48)(H,47,49). The fourth-order valence-electron chi connectivity index (χ4n) is 8.00. The van der Waals surface area contributed by atoms with Gasteiger partial charge in [0.1, 0.15) is 0 Å². The van der Waals surface area contributed by atoms with Gasteiger partial charge in [-0.3, -0.25) is 29.8 Å². The number of allylic oxidation sites excluding steroid dienone is 4. The number of hydrogen-bond acceptors (Lipinski definition) is 10. The number of nitro benzene ring substituents is 2. The topological polar surface area (TPSA) is 202 Å². The molecule has 0 radical (unpaired) electrons. The molecule has 14 nitrogen and oxygen atoms in total. The van der Waals surface area contributed by atoms with E-state index in [0.29, 0.717) is 43.8 Å². The normalized spacial score (nSPS) is 15.1. The maximum atomic E-state index is 13.1.